The van der Waals surface area contributed by atoms with E-state index in [-0.39, 0.29) is 5.91 Å². The molecule has 0 radical (unpaired) electrons. The van der Waals surface area contributed by atoms with E-state index in [1.165, 1.54) is 5.56 Å². The Morgan fingerprint density at radius 1 is 1.20 bits per heavy atom. The van der Waals surface area contributed by atoms with Gasteiger partial charge in [-0.25, -0.2) is 0 Å². The first-order valence-electron chi connectivity index (χ1n) is 10.3. The summed E-state index contributed by atoms with van der Waals surface area (Å²) in [6.07, 6.45) is 8.49. The quantitative estimate of drug-likeness (QED) is 0.661. The zero-order valence-electron chi connectivity index (χ0n) is 18.1. The van der Waals surface area contributed by atoms with Gasteiger partial charge in [0.05, 0.1) is 14.2 Å². The number of benzene rings is 2. The van der Waals surface area contributed by atoms with Gasteiger partial charge in [-0.15, -0.1) is 6.42 Å². The molecule has 1 amide bonds. The Morgan fingerprint density at radius 2 is 2.00 bits per heavy atom. The van der Waals surface area contributed by atoms with Gasteiger partial charge in [0, 0.05) is 36.8 Å². The van der Waals surface area contributed by atoms with Gasteiger partial charge in [-0.1, -0.05) is 18.1 Å². The second-order valence-electron chi connectivity index (χ2n) is 7.69. The van der Waals surface area contributed by atoms with Crippen LogP contribution in [0.3, 0.4) is 0 Å². The maximum absolute atomic E-state index is 13.0. The smallest absolute Gasteiger partial charge is 0.253 e. The number of likely N-dealkylation sites (N-methyl/N-ethyl adjacent to an activating group) is 1. The summed E-state index contributed by atoms with van der Waals surface area (Å²) in [6, 6.07) is 13.7. The monoisotopic (exact) mass is 406 g/mol. The largest absolute Gasteiger partial charge is 0.493 e. The number of carbonyl (C=O) groups is 1. The molecule has 1 unspecified atom stereocenters. The third kappa shape index (κ3) is 5.14. The summed E-state index contributed by atoms with van der Waals surface area (Å²) in [4.78, 5) is 17.3. The molecule has 1 heterocycles. The first-order valence-corrected chi connectivity index (χ1v) is 10.3. The van der Waals surface area contributed by atoms with Crippen molar-refractivity contribution in [2.45, 2.75) is 25.3 Å². The fourth-order valence-electron chi connectivity index (χ4n) is 3.95. The third-order valence-corrected chi connectivity index (χ3v) is 5.78. The topological polar surface area (TPSA) is 42.0 Å². The van der Waals surface area contributed by atoms with Gasteiger partial charge in [0.2, 0.25) is 0 Å². The summed E-state index contributed by atoms with van der Waals surface area (Å²) >= 11 is 0. The van der Waals surface area contributed by atoms with E-state index < -0.39 is 0 Å². The summed E-state index contributed by atoms with van der Waals surface area (Å²) in [5, 5.41) is 0. The van der Waals surface area contributed by atoms with Crippen LogP contribution in [0.2, 0.25) is 0 Å². The van der Waals surface area contributed by atoms with Crippen molar-refractivity contribution in [2.24, 2.45) is 0 Å². The number of terminal acetylenes is 1. The summed E-state index contributed by atoms with van der Waals surface area (Å²) < 4.78 is 10.7. The fourth-order valence-corrected chi connectivity index (χ4v) is 3.95. The predicted octanol–water partition coefficient (Wildman–Crippen LogP) is 3.46. The van der Waals surface area contributed by atoms with Crippen LogP contribution in [-0.4, -0.2) is 62.7 Å². The number of hydrogen-bond acceptors (Lipinski definition) is 4. The number of ether oxygens (including phenoxy) is 2. The molecule has 30 heavy (non-hydrogen) atoms. The number of nitrogens with zero attached hydrogens (tertiary/aromatic N) is 2. The van der Waals surface area contributed by atoms with Gasteiger partial charge < -0.3 is 19.3 Å². The van der Waals surface area contributed by atoms with Crippen LogP contribution < -0.4 is 9.47 Å². The number of methoxy groups -OCH3 is 2. The molecule has 3 rings (SSSR count). The minimum atomic E-state index is 0.0603. The molecule has 1 saturated heterocycles. The molecular formula is C25H30N2O3. The summed E-state index contributed by atoms with van der Waals surface area (Å²) in [5.74, 6) is 4.16. The normalized spacial score (nSPS) is 16.2. The molecule has 1 fully saturated rings. The highest BCUT2D eigenvalue weighted by Gasteiger charge is 2.26. The Labute approximate surface area is 179 Å². The zero-order valence-corrected chi connectivity index (χ0v) is 18.1. The van der Waals surface area contributed by atoms with E-state index in [1.807, 2.05) is 35.2 Å². The number of hydrogen-bond donors (Lipinski definition) is 0. The van der Waals surface area contributed by atoms with Gasteiger partial charge in [0.25, 0.3) is 5.91 Å². The molecule has 1 aliphatic heterocycles. The van der Waals surface area contributed by atoms with Gasteiger partial charge >= 0.3 is 0 Å². The first-order chi connectivity index (χ1) is 14.5. The predicted molar refractivity (Wildman–Crippen MR) is 119 cm³/mol. The lowest BCUT2D eigenvalue weighted by molar-refractivity contribution is 0.0611. The molecule has 0 aliphatic carbocycles. The van der Waals surface area contributed by atoms with Crippen LogP contribution >= 0.6 is 0 Å². The Bertz CT molecular complexity index is 919. The molecule has 0 bridgehead atoms. The molecule has 1 aliphatic rings. The van der Waals surface area contributed by atoms with E-state index in [2.05, 4.69) is 23.9 Å². The van der Waals surface area contributed by atoms with E-state index >= 15 is 0 Å². The molecule has 2 aromatic rings. The number of piperidine rings is 1. The van der Waals surface area contributed by atoms with E-state index in [0.29, 0.717) is 11.6 Å². The molecule has 158 valence electrons. The fraction of sp³-hybridized carbons (Fsp3) is 0.400. The van der Waals surface area contributed by atoms with Gasteiger partial charge in [-0.3, -0.25) is 4.79 Å². The van der Waals surface area contributed by atoms with Crippen LogP contribution in [0.15, 0.2) is 42.5 Å². The average Bonchev–Trinajstić information content (AvgIpc) is 2.81. The summed E-state index contributed by atoms with van der Waals surface area (Å²) in [7, 11) is 5.43. The summed E-state index contributed by atoms with van der Waals surface area (Å²) in [5.41, 5.74) is 2.61. The molecule has 5 heteroatoms. The van der Waals surface area contributed by atoms with E-state index in [4.69, 9.17) is 15.9 Å². The van der Waals surface area contributed by atoms with Crippen molar-refractivity contribution in [3.8, 4) is 23.8 Å². The average molecular weight is 407 g/mol. The van der Waals surface area contributed by atoms with Crippen molar-refractivity contribution in [2.75, 3.05) is 40.9 Å². The molecule has 0 aromatic heterocycles. The highest BCUT2D eigenvalue weighted by Crippen LogP contribution is 2.28. The van der Waals surface area contributed by atoms with Crippen molar-refractivity contribution in [1.82, 2.24) is 9.80 Å². The molecule has 5 nitrogen and oxygen atoms in total. The number of rotatable bonds is 7. The Kier molecular flexibility index (Phi) is 7.37. The van der Waals surface area contributed by atoms with Crippen molar-refractivity contribution in [1.29, 1.82) is 0 Å². The lowest BCUT2D eigenvalue weighted by Crippen LogP contribution is -2.49. The van der Waals surface area contributed by atoms with Crippen LogP contribution in [0.1, 0.15) is 34.3 Å². The molecule has 2 aromatic carbocycles. The SMILES string of the molecule is C#Cc1cccc(C(=O)N2CCCC(N(C)CCc3ccc(OC)c(OC)c3)C2)c1. The second-order valence-corrected chi connectivity index (χ2v) is 7.69. The molecule has 0 saturated carbocycles. The van der Waals surface area contributed by atoms with Crippen LogP contribution in [-0.2, 0) is 6.42 Å². The molecule has 0 spiro atoms. The van der Waals surface area contributed by atoms with Crippen molar-refractivity contribution in [3.05, 3.63) is 59.2 Å². The number of carbonyl (C=O) groups excluding carboxylic acids is 1. The lowest BCUT2D eigenvalue weighted by atomic mass is 10.0. The number of amides is 1. The minimum Gasteiger partial charge on any atom is -0.493 e. The minimum absolute atomic E-state index is 0.0603. The highest BCUT2D eigenvalue weighted by atomic mass is 16.5. The summed E-state index contributed by atoms with van der Waals surface area (Å²) in [6.45, 7) is 2.44. The maximum atomic E-state index is 13.0. The Morgan fingerprint density at radius 3 is 2.73 bits per heavy atom. The Hall–Kier alpha value is -2.97. The van der Waals surface area contributed by atoms with Crippen molar-refractivity contribution in [3.63, 3.8) is 0 Å². The maximum Gasteiger partial charge on any atom is 0.253 e. The lowest BCUT2D eigenvalue weighted by Gasteiger charge is -2.37. The van der Waals surface area contributed by atoms with Gasteiger partial charge in [0.15, 0.2) is 11.5 Å². The van der Waals surface area contributed by atoms with Gasteiger partial charge in [0.1, 0.15) is 0 Å². The van der Waals surface area contributed by atoms with Crippen molar-refractivity contribution >= 4 is 5.91 Å². The third-order valence-electron chi connectivity index (χ3n) is 5.78. The van der Waals surface area contributed by atoms with E-state index in [1.54, 1.807) is 20.3 Å². The van der Waals surface area contributed by atoms with E-state index in [9.17, 15) is 4.79 Å². The molecule has 0 N–H and O–H groups in total. The Balaban J connectivity index is 1.59. The number of likely N-dealkylation sites (tertiary alicyclic amines) is 1. The second kappa shape index (κ2) is 10.2. The molecule has 1 atom stereocenters. The van der Waals surface area contributed by atoms with Crippen molar-refractivity contribution < 1.29 is 14.3 Å². The van der Waals surface area contributed by atoms with Crippen LogP contribution in [0.25, 0.3) is 0 Å². The van der Waals surface area contributed by atoms with Crippen LogP contribution in [0, 0.1) is 12.3 Å². The van der Waals surface area contributed by atoms with Crippen LogP contribution in [0.5, 0.6) is 11.5 Å². The van der Waals surface area contributed by atoms with E-state index in [0.717, 1.165) is 56.0 Å². The van der Waals surface area contributed by atoms with Crippen LogP contribution in [0.4, 0.5) is 0 Å². The van der Waals surface area contributed by atoms with Gasteiger partial charge in [-0.05, 0) is 62.2 Å². The van der Waals surface area contributed by atoms with Gasteiger partial charge in [-0.2, -0.15) is 0 Å². The molecular weight excluding hydrogens is 376 g/mol. The standard InChI is InChI=1S/C25H30N2O3/c1-5-19-8-6-9-21(16-19)25(28)27-14-7-10-22(18-27)26(2)15-13-20-11-12-23(29-3)24(17-20)30-4/h1,6,8-9,11-12,16-17,22H,7,10,13-15,18H2,2-4H3. The first kappa shape index (κ1) is 21.7. The zero-order chi connectivity index (χ0) is 21.5. The highest BCUT2D eigenvalue weighted by molar-refractivity contribution is 5.94.